The molecule has 1 unspecified atom stereocenters. The number of morpholine rings is 1. The van der Waals surface area contributed by atoms with Crippen LogP contribution in [0.2, 0.25) is 0 Å². The van der Waals surface area contributed by atoms with Gasteiger partial charge in [-0.3, -0.25) is 0 Å². The first kappa shape index (κ1) is 18.3. The van der Waals surface area contributed by atoms with E-state index in [-0.39, 0.29) is 6.10 Å². The molecule has 0 amide bonds. The van der Waals surface area contributed by atoms with Crippen LogP contribution in [-0.4, -0.2) is 52.7 Å². The van der Waals surface area contributed by atoms with Crippen molar-refractivity contribution >= 4 is 5.82 Å². The van der Waals surface area contributed by atoms with E-state index in [2.05, 4.69) is 36.1 Å². The summed E-state index contributed by atoms with van der Waals surface area (Å²) in [4.78, 5) is 11.9. The number of rotatable bonds is 4. The van der Waals surface area contributed by atoms with Gasteiger partial charge in [0.2, 0.25) is 0 Å². The summed E-state index contributed by atoms with van der Waals surface area (Å²) >= 11 is 0. The molecule has 0 aliphatic carbocycles. The van der Waals surface area contributed by atoms with Crippen LogP contribution in [0.5, 0.6) is 0 Å². The zero-order valence-corrected chi connectivity index (χ0v) is 16.6. The van der Waals surface area contributed by atoms with Gasteiger partial charge in [0.05, 0.1) is 18.9 Å². The molecule has 0 spiro atoms. The molecule has 7 heteroatoms. The lowest BCUT2D eigenvalue weighted by Gasteiger charge is -2.28. The van der Waals surface area contributed by atoms with Gasteiger partial charge in [0.25, 0.3) is 0 Å². The Kier molecular flexibility index (Phi) is 4.99. The van der Waals surface area contributed by atoms with E-state index >= 15 is 0 Å². The van der Waals surface area contributed by atoms with Gasteiger partial charge < -0.3 is 14.4 Å². The molecule has 2 fully saturated rings. The molecule has 0 saturated carbocycles. The highest BCUT2D eigenvalue weighted by atomic mass is 16.5. The molecule has 4 heterocycles. The molecule has 0 radical (unpaired) electrons. The van der Waals surface area contributed by atoms with Crippen molar-refractivity contribution in [1.29, 1.82) is 0 Å². The second-order valence-corrected chi connectivity index (χ2v) is 7.56. The van der Waals surface area contributed by atoms with Gasteiger partial charge >= 0.3 is 0 Å². The monoisotopic (exact) mass is 391 g/mol. The molecule has 2 saturated heterocycles. The van der Waals surface area contributed by atoms with Crippen LogP contribution < -0.4 is 4.90 Å². The molecule has 3 aromatic rings. The lowest BCUT2D eigenvalue weighted by molar-refractivity contribution is 0.104. The summed E-state index contributed by atoms with van der Waals surface area (Å²) in [6.45, 7) is 5.95. The van der Waals surface area contributed by atoms with Gasteiger partial charge in [-0.05, 0) is 31.9 Å². The largest absolute Gasteiger partial charge is 0.378 e. The lowest BCUT2D eigenvalue weighted by atomic mass is 10.1. The Morgan fingerprint density at radius 2 is 1.86 bits per heavy atom. The minimum Gasteiger partial charge on any atom is -0.378 e. The van der Waals surface area contributed by atoms with Gasteiger partial charge in [0.15, 0.2) is 11.6 Å². The van der Waals surface area contributed by atoms with Crippen LogP contribution in [-0.2, 0) is 9.47 Å². The van der Waals surface area contributed by atoms with E-state index in [9.17, 15) is 0 Å². The van der Waals surface area contributed by atoms with E-state index in [0.29, 0.717) is 13.2 Å². The van der Waals surface area contributed by atoms with Crippen molar-refractivity contribution in [2.45, 2.75) is 25.9 Å². The van der Waals surface area contributed by atoms with E-state index in [4.69, 9.17) is 24.5 Å². The topological polar surface area (TPSA) is 65.3 Å². The summed E-state index contributed by atoms with van der Waals surface area (Å²) in [5, 5.41) is 4.79. The molecule has 7 nitrogen and oxygen atoms in total. The fourth-order valence-electron chi connectivity index (χ4n) is 3.85. The molecular formula is C22H25N5O2. The van der Waals surface area contributed by atoms with Crippen molar-refractivity contribution in [2.75, 3.05) is 37.8 Å². The molecule has 150 valence electrons. The molecule has 29 heavy (non-hydrogen) atoms. The molecule has 1 aromatic carbocycles. The number of hydrogen-bond acceptors (Lipinski definition) is 6. The molecule has 0 N–H and O–H groups in total. The van der Waals surface area contributed by atoms with E-state index in [1.807, 2.05) is 23.0 Å². The van der Waals surface area contributed by atoms with E-state index in [1.54, 1.807) is 0 Å². The van der Waals surface area contributed by atoms with Crippen molar-refractivity contribution < 1.29 is 9.47 Å². The van der Waals surface area contributed by atoms with Gasteiger partial charge in [-0.25, -0.2) is 14.6 Å². The van der Waals surface area contributed by atoms with Crippen molar-refractivity contribution in [3.63, 3.8) is 0 Å². The summed E-state index contributed by atoms with van der Waals surface area (Å²) in [6.07, 6.45) is 3.92. The third kappa shape index (κ3) is 3.88. The van der Waals surface area contributed by atoms with Crippen molar-refractivity contribution in [1.82, 2.24) is 19.7 Å². The van der Waals surface area contributed by atoms with Gasteiger partial charge in [0.1, 0.15) is 11.9 Å². The SMILES string of the molecule is Cc1cccc(-c2ccn(-c3cc(N4CCOCC4)nc(C4CCCO4)n3)n2)c1. The number of hydrogen-bond donors (Lipinski definition) is 0. The van der Waals surface area contributed by atoms with Crippen LogP contribution in [0.15, 0.2) is 42.6 Å². The standard InChI is InChI=1S/C22H25N5O2/c1-16-4-2-5-17(14-16)18-7-8-27(25-18)21-15-20(26-9-12-28-13-10-26)23-22(24-21)19-6-3-11-29-19/h2,4-5,7-8,14-15,19H,3,6,9-13H2,1H3. The second kappa shape index (κ2) is 7.93. The Morgan fingerprint density at radius 1 is 1.00 bits per heavy atom. The van der Waals surface area contributed by atoms with Crippen molar-refractivity contribution in [3.05, 3.63) is 54.0 Å². The Bertz CT molecular complexity index is 990. The average molecular weight is 391 g/mol. The maximum Gasteiger partial charge on any atom is 0.161 e. The van der Waals surface area contributed by atoms with Gasteiger partial charge in [-0.2, -0.15) is 5.10 Å². The quantitative estimate of drug-likeness (QED) is 0.680. The maximum absolute atomic E-state index is 5.86. The predicted octanol–water partition coefficient (Wildman–Crippen LogP) is 3.33. The molecule has 2 aromatic heterocycles. The number of anilines is 1. The summed E-state index contributed by atoms with van der Waals surface area (Å²) in [5.41, 5.74) is 3.25. The third-order valence-electron chi connectivity index (χ3n) is 5.41. The molecule has 0 bridgehead atoms. The van der Waals surface area contributed by atoms with E-state index in [1.165, 1.54) is 5.56 Å². The highest BCUT2D eigenvalue weighted by Gasteiger charge is 2.24. The Balaban J connectivity index is 1.52. The number of aryl methyl sites for hydroxylation is 1. The first-order valence-corrected chi connectivity index (χ1v) is 10.2. The Morgan fingerprint density at radius 3 is 2.66 bits per heavy atom. The molecular weight excluding hydrogens is 366 g/mol. The van der Waals surface area contributed by atoms with Crippen LogP contribution in [0.4, 0.5) is 5.82 Å². The van der Waals surface area contributed by atoms with Crippen LogP contribution in [0.3, 0.4) is 0 Å². The van der Waals surface area contributed by atoms with Crippen molar-refractivity contribution in [2.24, 2.45) is 0 Å². The number of aromatic nitrogens is 4. The summed E-state index contributed by atoms with van der Waals surface area (Å²) in [5.74, 6) is 2.43. The van der Waals surface area contributed by atoms with Crippen LogP contribution in [0.25, 0.3) is 17.1 Å². The predicted molar refractivity (Wildman–Crippen MR) is 110 cm³/mol. The highest BCUT2D eigenvalue weighted by Crippen LogP contribution is 2.29. The maximum atomic E-state index is 5.86. The average Bonchev–Trinajstić information content (AvgIpc) is 3.47. The first-order valence-electron chi connectivity index (χ1n) is 10.2. The van der Waals surface area contributed by atoms with Crippen molar-refractivity contribution in [3.8, 4) is 17.1 Å². The smallest absolute Gasteiger partial charge is 0.161 e. The second-order valence-electron chi connectivity index (χ2n) is 7.56. The Labute approximate surface area is 170 Å². The first-order chi connectivity index (χ1) is 14.3. The molecule has 1 atom stereocenters. The van der Waals surface area contributed by atoms with Gasteiger partial charge in [-0.1, -0.05) is 23.8 Å². The van der Waals surface area contributed by atoms with Gasteiger partial charge in [0, 0.05) is 37.5 Å². The summed E-state index contributed by atoms with van der Waals surface area (Å²) in [6, 6.07) is 12.4. The third-order valence-corrected chi connectivity index (χ3v) is 5.41. The molecule has 2 aliphatic rings. The highest BCUT2D eigenvalue weighted by molar-refractivity contribution is 5.60. The zero-order chi connectivity index (χ0) is 19.6. The minimum atomic E-state index is -0.0402. The van der Waals surface area contributed by atoms with E-state index < -0.39 is 0 Å². The Hall–Kier alpha value is -2.77. The normalized spacial score (nSPS) is 19.6. The van der Waals surface area contributed by atoms with Crippen LogP contribution >= 0.6 is 0 Å². The zero-order valence-electron chi connectivity index (χ0n) is 16.6. The fraction of sp³-hybridized carbons (Fsp3) is 0.409. The van der Waals surface area contributed by atoms with Crippen LogP contribution in [0.1, 0.15) is 30.3 Å². The summed E-state index contributed by atoms with van der Waals surface area (Å²) < 4.78 is 13.2. The van der Waals surface area contributed by atoms with E-state index in [0.717, 1.165) is 61.3 Å². The number of benzene rings is 1. The fourth-order valence-corrected chi connectivity index (χ4v) is 3.85. The molecule has 5 rings (SSSR count). The minimum absolute atomic E-state index is 0.0402. The van der Waals surface area contributed by atoms with Crippen LogP contribution in [0, 0.1) is 6.92 Å². The lowest BCUT2D eigenvalue weighted by Crippen LogP contribution is -2.37. The summed E-state index contributed by atoms with van der Waals surface area (Å²) in [7, 11) is 0. The number of ether oxygens (including phenoxy) is 2. The van der Waals surface area contributed by atoms with Gasteiger partial charge in [-0.15, -0.1) is 0 Å². The number of nitrogens with zero attached hydrogens (tertiary/aromatic N) is 5. The molecule has 2 aliphatic heterocycles.